The first-order chi connectivity index (χ1) is 8.13. The predicted molar refractivity (Wildman–Crippen MR) is 65.5 cm³/mol. The minimum Gasteiger partial charge on any atom is -0.469 e. The van der Waals surface area contributed by atoms with Crippen LogP contribution in [0.4, 0.5) is 5.95 Å². The Balaban J connectivity index is 1.88. The second-order valence-electron chi connectivity index (χ2n) is 4.29. The molecule has 1 heterocycles. The summed E-state index contributed by atoms with van der Waals surface area (Å²) in [5, 5.41) is 0.855. The Morgan fingerprint density at radius 2 is 2.41 bits per heavy atom. The Bertz CT molecular complexity index is 421. The molecule has 0 spiro atoms. The van der Waals surface area contributed by atoms with E-state index >= 15 is 0 Å². The van der Waals surface area contributed by atoms with E-state index in [-0.39, 0.29) is 17.3 Å². The highest BCUT2D eigenvalue weighted by Gasteiger charge is 2.44. The predicted octanol–water partition coefficient (Wildman–Crippen LogP) is 1.49. The topological polar surface area (TPSA) is 78.1 Å². The van der Waals surface area contributed by atoms with Crippen LogP contribution < -0.4 is 5.73 Å². The van der Waals surface area contributed by atoms with Crippen LogP contribution in [-0.2, 0) is 9.53 Å². The summed E-state index contributed by atoms with van der Waals surface area (Å²) in [5.41, 5.74) is 5.61. The molecule has 1 aliphatic rings. The van der Waals surface area contributed by atoms with E-state index in [1.54, 1.807) is 18.0 Å². The van der Waals surface area contributed by atoms with E-state index in [2.05, 4.69) is 9.97 Å². The molecule has 5 nitrogen and oxygen atoms in total. The van der Waals surface area contributed by atoms with Crippen molar-refractivity contribution < 1.29 is 9.53 Å². The van der Waals surface area contributed by atoms with Crippen molar-refractivity contribution in [1.82, 2.24) is 9.97 Å². The molecule has 6 heteroatoms. The molecule has 0 saturated heterocycles. The van der Waals surface area contributed by atoms with Crippen molar-refractivity contribution in [3.63, 3.8) is 0 Å². The second kappa shape index (κ2) is 4.91. The summed E-state index contributed by atoms with van der Waals surface area (Å²) in [7, 11) is 1.43. The Morgan fingerprint density at radius 1 is 1.65 bits per heavy atom. The lowest BCUT2D eigenvalue weighted by Crippen LogP contribution is -2.13. The third kappa shape index (κ3) is 3.33. The lowest BCUT2D eigenvalue weighted by atomic mass is 10.1. The van der Waals surface area contributed by atoms with Gasteiger partial charge in [-0.1, -0.05) is 0 Å². The van der Waals surface area contributed by atoms with E-state index < -0.39 is 0 Å². The van der Waals surface area contributed by atoms with Gasteiger partial charge in [0.2, 0.25) is 5.95 Å². The number of methoxy groups -OCH3 is 1. The molecule has 1 aromatic heterocycles. The SMILES string of the molecule is COC(=O)CC1(CSc2ccnc(N)n2)CC1. The number of anilines is 1. The average molecular weight is 253 g/mol. The fourth-order valence-electron chi connectivity index (χ4n) is 1.59. The van der Waals surface area contributed by atoms with E-state index in [9.17, 15) is 4.79 Å². The minimum absolute atomic E-state index is 0.109. The van der Waals surface area contributed by atoms with Gasteiger partial charge in [0.15, 0.2) is 0 Å². The number of esters is 1. The van der Waals surface area contributed by atoms with Gasteiger partial charge in [-0.15, -0.1) is 11.8 Å². The van der Waals surface area contributed by atoms with Crippen LogP contribution in [0.5, 0.6) is 0 Å². The molecular formula is C11H15N3O2S. The van der Waals surface area contributed by atoms with Gasteiger partial charge in [0.05, 0.1) is 13.5 Å². The summed E-state index contributed by atoms with van der Waals surface area (Å²) in [6, 6.07) is 1.83. The number of nitrogens with two attached hydrogens (primary N) is 1. The Morgan fingerprint density at radius 3 is 3.00 bits per heavy atom. The fraction of sp³-hybridized carbons (Fsp3) is 0.545. The maximum atomic E-state index is 11.3. The highest BCUT2D eigenvalue weighted by molar-refractivity contribution is 7.99. The first-order valence-electron chi connectivity index (χ1n) is 5.42. The molecule has 92 valence electrons. The molecule has 2 rings (SSSR count). The largest absolute Gasteiger partial charge is 0.469 e. The second-order valence-corrected chi connectivity index (χ2v) is 5.29. The fourth-order valence-corrected chi connectivity index (χ4v) is 2.75. The van der Waals surface area contributed by atoms with Crippen LogP contribution in [0.1, 0.15) is 19.3 Å². The number of rotatable bonds is 5. The van der Waals surface area contributed by atoms with Gasteiger partial charge in [-0.2, -0.15) is 0 Å². The zero-order chi connectivity index (χ0) is 12.3. The van der Waals surface area contributed by atoms with Crippen molar-refractivity contribution in [2.45, 2.75) is 24.3 Å². The number of carbonyl (C=O) groups excluding carboxylic acids is 1. The third-order valence-corrected chi connectivity index (χ3v) is 4.16. The summed E-state index contributed by atoms with van der Waals surface area (Å²) in [4.78, 5) is 19.2. The quantitative estimate of drug-likeness (QED) is 0.486. The standard InChI is InChI=1S/C11H15N3O2S/c1-16-9(15)6-11(3-4-11)7-17-8-2-5-13-10(12)14-8/h2,5H,3-4,6-7H2,1H3,(H2,12,13,14). The highest BCUT2D eigenvalue weighted by atomic mass is 32.2. The highest BCUT2D eigenvalue weighted by Crippen LogP contribution is 2.51. The molecule has 1 fully saturated rings. The molecule has 1 aliphatic carbocycles. The van der Waals surface area contributed by atoms with E-state index in [1.165, 1.54) is 7.11 Å². The number of nitrogens with zero attached hydrogens (tertiary/aromatic N) is 2. The van der Waals surface area contributed by atoms with Crippen LogP contribution in [0, 0.1) is 5.41 Å². The molecule has 1 saturated carbocycles. The van der Waals surface area contributed by atoms with Gasteiger partial charge >= 0.3 is 5.97 Å². The van der Waals surface area contributed by atoms with Crippen molar-refractivity contribution in [1.29, 1.82) is 0 Å². The van der Waals surface area contributed by atoms with E-state index in [4.69, 9.17) is 10.5 Å². The molecule has 0 aromatic carbocycles. The molecular weight excluding hydrogens is 238 g/mol. The van der Waals surface area contributed by atoms with Crippen molar-refractivity contribution in [3.05, 3.63) is 12.3 Å². The molecule has 0 aliphatic heterocycles. The van der Waals surface area contributed by atoms with Crippen molar-refractivity contribution in [2.75, 3.05) is 18.6 Å². The summed E-state index contributed by atoms with van der Waals surface area (Å²) >= 11 is 1.62. The number of thioether (sulfide) groups is 1. The van der Waals surface area contributed by atoms with Gasteiger partial charge in [0.25, 0.3) is 0 Å². The third-order valence-electron chi connectivity index (χ3n) is 2.88. The van der Waals surface area contributed by atoms with Crippen LogP contribution in [0.3, 0.4) is 0 Å². The normalized spacial score (nSPS) is 16.5. The Hall–Kier alpha value is -1.30. The Labute approximate surface area is 104 Å². The molecule has 1 aromatic rings. The van der Waals surface area contributed by atoms with Gasteiger partial charge < -0.3 is 10.5 Å². The van der Waals surface area contributed by atoms with Crippen LogP contribution >= 0.6 is 11.8 Å². The molecule has 0 unspecified atom stereocenters. The first kappa shape index (κ1) is 12.2. The maximum Gasteiger partial charge on any atom is 0.306 e. The van der Waals surface area contributed by atoms with Crippen molar-refractivity contribution in [2.24, 2.45) is 5.41 Å². The molecule has 2 N–H and O–H groups in total. The molecule has 17 heavy (non-hydrogen) atoms. The smallest absolute Gasteiger partial charge is 0.306 e. The number of ether oxygens (including phenoxy) is 1. The maximum absolute atomic E-state index is 11.3. The number of nitrogen functional groups attached to an aromatic ring is 1. The van der Waals surface area contributed by atoms with Crippen LogP contribution in [0.25, 0.3) is 0 Å². The first-order valence-corrected chi connectivity index (χ1v) is 6.40. The zero-order valence-electron chi connectivity index (χ0n) is 9.68. The Kier molecular flexibility index (Phi) is 3.51. The number of aromatic nitrogens is 2. The average Bonchev–Trinajstić information content (AvgIpc) is 3.07. The van der Waals surface area contributed by atoms with Crippen LogP contribution in [-0.4, -0.2) is 28.8 Å². The summed E-state index contributed by atoms with van der Waals surface area (Å²) in [6.45, 7) is 0. The number of hydrogen-bond donors (Lipinski definition) is 1. The van der Waals surface area contributed by atoms with Crippen molar-refractivity contribution >= 4 is 23.7 Å². The summed E-state index contributed by atoms with van der Waals surface area (Å²) in [5.74, 6) is 1.02. The monoisotopic (exact) mass is 253 g/mol. The molecule has 0 amide bonds. The van der Waals surface area contributed by atoms with Crippen LogP contribution in [0.2, 0.25) is 0 Å². The van der Waals surface area contributed by atoms with Gasteiger partial charge in [0, 0.05) is 11.9 Å². The summed E-state index contributed by atoms with van der Waals surface area (Å²) < 4.78 is 4.70. The minimum atomic E-state index is -0.134. The molecule has 0 radical (unpaired) electrons. The molecule has 0 atom stereocenters. The van der Waals surface area contributed by atoms with Gasteiger partial charge in [0.1, 0.15) is 5.03 Å². The van der Waals surface area contributed by atoms with E-state index in [0.717, 1.165) is 23.6 Å². The lowest BCUT2D eigenvalue weighted by Gasteiger charge is -2.12. The lowest BCUT2D eigenvalue weighted by molar-refractivity contribution is -0.141. The number of carbonyl (C=O) groups is 1. The molecule has 0 bridgehead atoms. The van der Waals surface area contributed by atoms with Gasteiger partial charge in [-0.25, -0.2) is 9.97 Å². The zero-order valence-corrected chi connectivity index (χ0v) is 10.5. The van der Waals surface area contributed by atoms with E-state index in [1.807, 2.05) is 6.07 Å². The van der Waals surface area contributed by atoms with Gasteiger partial charge in [-0.3, -0.25) is 4.79 Å². The van der Waals surface area contributed by atoms with Gasteiger partial charge in [-0.05, 0) is 24.3 Å². The van der Waals surface area contributed by atoms with Crippen molar-refractivity contribution in [3.8, 4) is 0 Å². The number of hydrogen-bond acceptors (Lipinski definition) is 6. The summed E-state index contributed by atoms with van der Waals surface area (Å²) in [6.07, 6.45) is 4.30. The van der Waals surface area contributed by atoms with E-state index in [0.29, 0.717) is 6.42 Å². The van der Waals surface area contributed by atoms with Crippen LogP contribution in [0.15, 0.2) is 17.3 Å².